The lowest BCUT2D eigenvalue weighted by Gasteiger charge is -2.31. The zero-order valence-corrected chi connectivity index (χ0v) is 17.0. The van der Waals surface area contributed by atoms with Gasteiger partial charge in [0.25, 0.3) is 5.91 Å². The molecule has 150 valence electrons. The average Bonchev–Trinajstić information content (AvgIpc) is 3.16. The van der Waals surface area contributed by atoms with Crippen LogP contribution in [0.1, 0.15) is 28.9 Å². The first-order valence-corrected chi connectivity index (χ1v) is 10.4. The molecule has 0 bridgehead atoms. The van der Waals surface area contributed by atoms with Crippen LogP contribution in [-0.2, 0) is 4.79 Å². The summed E-state index contributed by atoms with van der Waals surface area (Å²) in [6.45, 7) is 3.14. The van der Waals surface area contributed by atoms with Crippen molar-refractivity contribution in [2.24, 2.45) is 11.7 Å². The van der Waals surface area contributed by atoms with Crippen molar-refractivity contribution in [3.05, 3.63) is 41.3 Å². The second-order valence-corrected chi connectivity index (χ2v) is 8.08. The van der Waals surface area contributed by atoms with E-state index in [9.17, 15) is 9.59 Å². The molecule has 1 aromatic heterocycles. The Labute approximate surface area is 169 Å². The smallest absolute Gasteiger partial charge is 0.265 e. The van der Waals surface area contributed by atoms with E-state index >= 15 is 0 Å². The van der Waals surface area contributed by atoms with E-state index in [0.717, 1.165) is 49.3 Å². The minimum Gasteiger partial charge on any atom is -0.495 e. The van der Waals surface area contributed by atoms with Gasteiger partial charge in [0.1, 0.15) is 10.6 Å². The Morgan fingerprint density at radius 3 is 2.82 bits per heavy atom. The molecule has 28 heavy (non-hydrogen) atoms. The number of ether oxygens (including phenoxy) is 1. The molecular formula is C21H27N3O3S. The lowest BCUT2D eigenvalue weighted by atomic mass is 9.97. The number of rotatable bonds is 8. The number of benzene rings is 1. The number of piperidine rings is 1. The van der Waals surface area contributed by atoms with Crippen molar-refractivity contribution < 1.29 is 14.3 Å². The molecule has 3 N–H and O–H groups in total. The van der Waals surface area contributed by atoms with Gasteiger partial charge in [0.2, 0.25) is 5.91 Å². The average molecular weight is 402 g/mol. The monoisotopic (exact) mass is 401 g/mol. The number of nitrogens with zero attached hydrogens (tertiary/aromatic N) is 1. The lowest BCUT2D eigenvalue weighted by molar-refractivity contribution is -0.123. The van der Waals surface area contributed by atoms with Crippen LogP contribution in [0.5, 0.6) is 5.75 Å². The van der Waals surface area contributed by atoms with Crippen molar-refractivity contribution in [3.63, 3.8) is 0 Å². The van der Waals surface area contributed by atoms with Gasteiger partial charge in [-0.15, -0.1) is 11.3 Å². The van der Waals surface area contributed by atoms with Gasteiger partial charge < -0.3 is 20.7 Å². The molecule has 3 rings (SSSR count). The Kier molecular flexibility index (Phi) is 7.06. The molecule has 7 heteroatoms. The summed E-state index contributed by atoms with van der Waals surface area (Å²) >= 11 is 1.44. The van der Waals surface area contributed by atoms with Crippen molar-refractivity contribution >= 4 is 23.2 Å². The molecular weight excluding hydrogens is 374 g/mol. The van der Waals surface area contributed by atoms with Crippen LogP contribution < -0.4 is 15.8 Å². The van der Waals surface area contributed by atoms with Gasteiger partial charge in [-0.1, -0.05) is 30.3 Å². The highest BCUT2D eigenvalue weighted by atomic mass is 32.1. The van der Waals surface area contributed by atoms with E-state index in [1.54, 1.807) is 7.11 Å². The third-order valence-corrected chi connectivity index (χ3v) is 6.19. The molecule has 1 atom stereocenters. The van der Waals surface area contributed by atoms with E-state index in [-0.39, 0.29) is 17.7 Å². The molecule has 1 aliphatic heterocycles. The van der Waals surface area contributed by atoms with Gasteiger partial charge >= 0.3 is 0 Å². The van der Waals surface area contributed by atoms with E-state index in [4.69, 9.17) is 10.5 Å². The van der Waals surface area contributed by atoms with Crippen LogP contribution in [0.4, 0.5) is 0 Å². The summed E-state index contributed by atoms with van der Waals surface area (Å²) < 4.78 is 5.40. The second-order valence-electron chi connectivity index (χ2n) is 7.03. The first-order valence-electron chi connectivity index (χ1n) is 9.61. The molecule has 1 fully saturated rings. The number of carbonyl (C=O) groups is 2. The van der Waals surface area contributed by atoms with E-state index in [2.05, 4.69) is 10.2 Å². The standard InChI is InChI=1S/C21H27N3O3S/c1-27-17-13-18(15-7-3-2-4-8-15)28-19(17)21(26)23-10-6-12-24-11-5-9-16(14-24)20(22)25/h2-4,7-8,13,16H,5-6,9-12,14H2,1H3,(H2,22,25)(H,23,26). The van der Waals surface area contributed by atoms with Crippen molar-refractivity contribution in [1.82, 2.24) is 10.2 Å². The van der Waals surface area contributed by atoms with Gasteiger partial charge in [0.15, 0.2) is 0 Å². The van der Waals surface area contributed by atoms with Crippen molar-refractivity contribution in [3.8, 4) is 16.2 Å². The summed E-state index contributed by atoms with van der Waals surface area (Å²) in [5.41, 5.74) is 6.49. The molecule has 0 saturated carbocycles. The van der Waals surface area contributed by atoms with Gasteiger partial charge in [0.05, 0.1) is 13.0 Å². The maximum absolute atomic E-state index is 12.6. The number of nitrogens with two attached hydrogens (primary N) is 1. The SMILES string of the molecule is COc1cc(-c2ccccc2)sc1C(=O)NCCCN1CCCC(C(N)=O)C1. The van der Waals surface area contributed by atoms with Crippen LogP contribution in [0.25, 0.3) is 10.4 Å². The first kappa shape index (κ1) is 20.4. The Morgan fingerprint density at radius 1 is 1.32 bits per heavy atom. The second kappa shape index (κ2) is 9.71. The molecule has 1 aliphatic rings. The Bertz CT molecular complexity index is 806. The predicted octanol–water partition coefficient (Wildman–Crippen LogP) is 2.74. The fourth-order valence-corrected chi connectivity index (χ4v) is 4.55. The van der Waals surface area contributed by atoms with Crippen molar-refractivity contribution in [2.45, 2.75) is 19.3 Å². The number of methoxy groups -OCH3 is 1. The van der Waals surface area contributed by atoms with Crippen LogP contribution in [0.3, 0.4) is 0 Å². The number of carbonyl (C=O) groups excluding carboxylic acids is 2. The zero-order valence-electron chi connectivity index (χ0n) is 16.1. The number of thiophene rings is 1. The van der Waals surface area contributed by atoms with E-state index < -0.39 is 0 Å². The maximum Gasteiger partial charge on any atom is 0.265 e. The van der Waals surface area contributed by atoms with E-state index in [0.29, 0.717) is 17.2 Å². The highest BCUT2D eigenvalue weighted by Gasteiger charge is 2.23. The zero-order chi connectivity index (χ0) is 19.9. The quantitative estimate of drug-likeness (QED) is 0.666. The Hall–Kier alpha value is -2.38. The fourth-order valence-electron chi connectivity index (χ4n) is 3.50. The van der Waals surface area contributed by atoms with Gasteiger partial charge in [0, 0.05) is 18.0 Å². The number of likely N-dealkylation sites (tertiary alicyclic amines) is 1. The van der Waals surface area contributed by atoms with Crippen LogP contribution in [0, 0.1) is 5.92 Å². The Balaban J connectivity index is 1.51. The lowest BCUT2D eigenvalue weighted by Crippen LogP contribution is -2.42. The number of hydrogen-bond donors (Lipinski definition) is 2. The Morgan fingerprint density at radius 2 is 2.11 bits per heavy atom. The molecule has 2 amide bonds. The van der Waals surface area contributed by atoms with Crippen molar-refractivity contribution in [2.75, 3.05) is 33.3 Å². The van der Waals surface area contributed by atoms with Crippen LogP contribution in [0.15, 0.2) is 36.4 Å². The molecule has 6 nitrogen and oxygen atoms in total. The summed E-state index contributed by atoms with van der Waals surface area (Å²) in [6, 6.07) is 11.9. The van der Waals surface area contributed by atoms with E-state index in [1.807, 2.05) is 36.4 Å². The normalized spacial score (nSPS) is 17.2. The van der Waals surface area contributed by atoms with E-state index in [1.165, 1.54) is 11.3 Å². The highest BCUT2D eigenvalue weighted by Crippen LogP contribution is 2.36. The molecule has 1 aromatic carbocycles. The summed E-state index contributed by atoms with van der Waals surface area (Å²) in [5, 5.41) is 2.99. The van der Waals surface area contributed by atoms with Gasteiger partial charge in [-0.05, 0) is 44.0 Å². The topological polar surface area (TPSA) is 84.7 Å². The maximum atomic E-state index is 12.6. The molecule has 2 heterocycles. The minimum absolute atomic E-state index is 0.0462. The molecule has 0 spiro atoms. The van der Waals surface area contributed by atoms with Gasteiger partial charge in [-0.3, -0.25) is 9.59 Å². The number of amides is 2. The number of primary amides is 1. The largest absolute Gasteiger partial charge is 0.495 e. The summed E-state index contributed by atoms with van der Waals surface area (Å²) in [4.78, 5) is 27.8. The molecule has 2 aromatic rings. The minimum atomic E-state index is -0.211. The number of nitrogens with one attached hydrogen (secondary N) is 1. The third-order valence-electron chi connectivity index (χ3n) is 5.03. The molecule has 0 aliphatic carbocycles. The fraction of sp³-hybridized carbons (Fsp3) is 0.429. The van der Waals surface area contributed by atoms with Crippen LogP contribution in [0.2, 0.25) is 0 Å². The van der Waals surface area contributed by atoms with Crippen LogP contribution in [-0.4, -0.2) is 50.0 Å². The highest BCUT2D eigenvalue weighted by molar-refractivity contribution is 7.17. The third kappa shape index (κ3) is 5.11. The number of hydrogen-bond acceptors (Lipinski definition) is 5. The van der Waals surface area contributed by atoms with Gasteiger partial charge in [-0.25, -0.2) is 0 Å². The first-order chi connectivity index (χ1) is 13.6. The van der Waals surface area contributed by atoms with Crippen molar-refractivity contribution in [1.29, 1.82) is 0 Å². The summed E-state index contributed by atoms with van der Waals surface area (Å²) in [6.07, 6.45) is 2.70. The molecule has 0 radical (unpaired) electrons. The summed E-state index contributed by atoms with van der Waals surface area (Å²) in [7, 11) is 1.58. The predicted molar refractivity (Wildman–Crippen MR) is 112 cm³/mol. The molecule has 1 saturated heterocycles. The molecule has 1 unspecified atom stereocenters. The van der Waals surface area contributed by atoms with Gasteiger partial charge in [-0.2, -0.15) is 0 Å². The van der Waals surface area contributed by atoms with Crippen LogP contribution >= 0.6 is 11.3 Å². The summed E-state index contributed by atoms with van der Waals surface area (Å²) in [5.74, 6) is 0.228.